The molecule has 1 aliphatic rings. The Morgan fingerprint density at radius 2 is 1.66 bits per heavy atom. The summed E-state index contributed by atoms with van der Waals surface area (Å²) in [5, 5.41) is 3.18. The van der Waals surface area contributed by atoms with Crippen molar-refractivity contribution in [2.24, 2.45) is 19.1 Å². The summed E-state index contributed by atoms with van der Waals surface area (Å²) in [6.45, 7) is 5.77. The van der Waals surface area contributed by atoms with E-state index in [1.165, 1.54) is 6.42 Å². The molecule has 1 saturated heterocycles. The molecule has 1 fully saturated rings. The lowest BCUT2D eigenvalue weighted by molar-refractivity contribution is 0.578. The molecule has 35 heavy (non-hydrogen) atoms. The summed E-state index contributed by atoms with van der Waals surface area (Å²) in [5.41, 5.74) is 6.29. The van der Waals surface area contributed by atoms with E-state index >= 15 is 0 Å². The largest absolute Gasteiger partial charge is 0.370 e. The number of rotatable bonds is 4. The first-order valence-electron chi connectivity index (χ1n) is 11.8. The predicted octanol–water partition coefficient (Wildman–Crippen LogP) is 4.48. The summed E-state index contributed by atoms with van der Waals surface area (Å²) in [4.78, 5) is 33.0. The van der Waals surface area contributed by atoms with Crippen LogP contribution < -0.4 is 16.1 Å². The first-order valence-corrected chi connectivity index (χ1v) is 12.6. The Bertz CT molecular complexity index is 1580. The average molecular weight is 537 g/mol. The fraction of sp³-hybridized carbons (Fsp3) is 0.346. The van der Waals surface area contributed by atoms with Gasteiger partial charge in [-0.05, 0) is 69.0 Å². The van der Waals surface area contributed by atoms with Gasteiger partial charge in [-0.2, -0.15) is 0 Å². The molecule has 0 unspecified atom stereocenters. The van der Waals surface area contributed by atoms with Crippen LogP contribution in [-0.4, -0.2) is 38.2 Å². The molecule has 0 spiro atoms. The number of aromatic nitrogens is 4. The maximum atomic E-state index is 13.3. The fourth-order valence-corrected chi connectivity index (χ4v) is 5.06. The Balaban J connectivity index is 1.61. The van der Waals surface area contributed by atoms with Crippen LogP contribution >= 0.6 is 15.9 Å². The van der Waals surface area contributed by atoms with Gasteiger partial charge < -0.3 is 4.90 Å². The molecule has 5 rings (SSSR count). The third-order valence-electron chi connectivity index (χ3n) is 6.91. The van der Waals surface area contributed by atoms with Gasteiger partial charge in [0.15, 0.2) is 0 Å². The molecule has 8 nitrogen and oxygen atoms in total. The molecule has 4 aromatic rings. The van der Waals surface area contributed by atoms with Crippen molar-refractivity contribution in [2.45, 2.75) is 33.1 Å². The number of hydrogen-bond donors (Lipinski definition) is 1. The quantitative estimate of drug-likeness (QED) is 0.390. The van der Waals surface area contributed by atoms with E-state index in [4.69, 9.17) is 4.99 Å². The molecule has 0 saturated carbocycles. The van der Waals surface area contributed by atoms with E-state index in [1.807, 2.05) is 38.1 Å². The number of fused-ring (bicyclic) bond motifs is 1. The van der Waals surface area contributed by atoms with Crippen molar-refractivity contribution in [2.75, 3.05) is 18.0 Å². The minimum absolute atomic E-state index is 0.0696. The highest BCUT2D eigenvalue weighted by molar-refractivity contribution is 9.10. The lowest BCUT2D eigenvalue weighted by Gasteiger charge is -2.30. The van der Waals surface area contributed by atoms with Crippen LogP contribution in [0.4, 0.5) is 11.4 Å². The van der Waals surface area contributed by atoms with Gasteiger partial charge >= 0.3 is 5.69 Å². The first kappa shape index (κ1) is 23.4. The molecule has 182 valence electrons. The van der Waals surface area contributed by atoms with E-state index in [0.29, 0.717) is 5.56 Å². The zero-order valence-corrected chi connectivity index (χ0v) is 22.0. The van der Waals surface area contributed by atoms with Crippen LogP contribution in [-0.2, 0) is 14.1 Å². The monoisotopic (exact) mass is 536 g/mol. The van der Waals surface area contributed by atoms with E-state index in [9.17, 15) is 9.59 Å². The number of imidazole rings is 1. The first-order chi connectivity index (χ1) is 16.8. The van der Waals surface area contributed by atoms with Gasteiger partial charge in [-0.3, -0.25) is 24.0 Å². The number of halogens is 1. The molecular formula is C26H29BrN6O2. The van der Waals surface area contributed by atoms with Crippen LogP contribution in [0.15, 0.2) is 49.4 Å². The number of aromatic amines is 1. The Morgan fingerprint density at radius 1 is 0.971 bits per heavy atom. The van der Waals surface area contributed by atoms with Gasteiger partial charge in [0.2, 0.25) is 0 Å². The second kappa shape index (κ2) is 9.03. The molecule has 9 heteroatoms. The van der Waals surface area contributed by atoms with Crippen molar-refractivity contribution in [3.05, 3.63) is 72.5 Å². The van der Waals surface area contributed by atoms with Crippen molar-refractivity contribution < 1.29 is 0 Å². The highest BCUT2D eigenvalue weighted by Crippen LogP contribution is 2.34. The number of nitrogens with one attached hydrogen (secondary N) is 1. The second-order valence-electron chi connectivity index (χ2n) is 9.26. The summed E-state index contributed by atoms with van der Waals surface area (Å²) in [7, 11) is 3.57. The minimum atomic E-state index is -0.152. The van der Waals surface area contributed by atoms with Gasteiger partial charge in [-0.1, -0.05) is 15.9 Å². The summed E-state index contributed by atoms with van der Waals surface area (Å²) in [6.07, 6.45) is 5.12. The number of H-pyrrole nitrogens is 1. The molecular weight excluding hydrogens is 508 g/mol. The summed E-state index contributed by atoms with van der Waals surface area (Å²) in [5.74, 6) is 0. The SMILES string of the molecule is Cc1cc(-n2[nH]c(C)c(C=Nc3cc4c(cc3N3CCCCC3)n(C)c(=O)n4C)c2=O)ccc1Br. The fourth-order valence-electron chi connectivity index (χ4n) is 4.81. The van der Waals surface area contributed by atoms with Crippen molar-refractivity contribution in [3.8, 4) is 5.69 Å². The van der Waals surface area contributed by atoms with Crippen LogP contribution in [0.3, 0.4) is 0 Å². The maximum Gasteiger partial charge on any atom is 0.328 e. The van der Waals surface area contributed by atoms with Gasteiger partial charge in [0.1, 0.15) is 0 Å². The van der Waals surface area contributed by atoms with Crippen LogP contribution in [0.2, 0.25) is 0 Å². The number of aryl methyl sites for hydroxylation is 4. The Kier molecular flexibility index (Phi) is 6.04. The number of benzene rings is 2. The van der Waals surface area contributed by atoms with Gasteiger partial charge in [0.05, 0.1) is 33.7 Å². The van der Waals surface area contributed by atoms with Crippen LogP contribution in [0, 0.1) is 13.8 Å². The van der Waals surface area contributed by atoms with Crippen molar-refractivity contribution >= 4 is 44.6 Å². The van der Waals surface area contributed by atoms with E-state index in [0.717, 1.165) is 69.8 Å². The summed E-state index contributed by atoms with van der Waals surface area (Å²) < 4.78 is 5.85. The van der Waals surface area contributed by atoms with E-state index in [2.05, 4.69) is 32.0 Å². The zero-order valence-electron chi connectivity index (χ0n) is 20.4. The molecule has 2 aromatic carbocycles. The topological polar surface area (TPSA) is 80.3 Å². The van der Waals surface area contributed by atoms with Crippen molar-refractivity contribution in [1.82, 2.24) is 18.9 Å². The van der Waals surface area contributed by atoms with Gasteiger partial charge in [0.25, 0.3) is 5.56 Å². The molecule has 0 aliphatic carbocycles. The number of anilines is 1. The highest BCUT2D eigenvalue weighted by atomic mass is 79.9. The van der Waals surface area contributed by atoms with E-state index in [-0.39, 0.29) is 11.2 Å². The molecule has 1 N–H and O–H groups in total. The standard InChI is InChI=1S/C26H29BrN6O2/c1-16-12-18(8-9-20(16)27)33-25(34)19(17(2)29-33)15-28-21-13-23-24(31(4)26(35)30(23)3)14-22(21)32-10-6-5-7-11-32/h8-9,12-15,29H,5-7,10-11H2,1-4H3. The van der Waals surface area contributed by atoms with Crippen molar-refractivity contribution in [3.63, 3.8) is 0 Å². The zero-order chi connectivity index (χ0) is 24.9. The van der Waals surface area contributed by atoms with Crippen LogP contribution in [0.5, 0.6) is 0 Å². The number of aliphatic imine (C=N–C) groups is 1. The van der Waals surface area contributed by atoms with Crippen LogP contribution in [0.25, 0.3) is 16.7 Å². The van der Waals surface area contributed by atoms with Crippen molar-refractivity contribution in [1.29, 1.82) is 0 Å². The Morgan fingerprint density at radius 3 is 2.34 bits per heavy atom. The van der Waals surface area contributed by atoms with Gasteiger partial charge in [-0.25, -0.2) is 9.48 Å². The summed E-state index contributed by atoms with van der Waals surface area (Å²) >= 11 is 3.51. The number of piperidine rings is 1. The smallest absolute Gasteiger partial charge is 0.328 e. The Labute approximate surface area is 211 Å². The minimum Gasteiger partial charge on any atom is -0.370 e. The third kappa shape index (κ3) is 4.07. The molecule has 0 amide bonds. The molecule has 2 aromatic heterocycles. The third-order valence-corrected chi connectivity index (χ3v) is 7.80. The summed E-state index contributed by atoms with van der Waals surface area (Å²) in [6, 6.07) is 9.80. The highest BCUT2D eigenvalue weighted by Gasteiger charge is 2.19. The predicted molar refractivity (Wildman–Crippen MR) is 145 cm³/mol. The maximum absolute atomic E-state index is 13.3. The van der Waals surface area contributed by atoms with Gasteiger partial charge in [-0.15, -0.1) is 0 Å². The number of hydrogen-bond acceptors (Lipinski definition) is 4. The number of nitrogens with zero attached hydrogens (tertiary/aromatic N) is 5. The normalized spacial score (nSPS) is 14.5. The molecule has 0 bridgehead atoms. The Hall–Kier alpha value is -3.33. The lowest BCUT2D eigenvalue weighted by Crippen LogP contribution is -2.29. The van der Waals surface area contributed by atoms with Crippen LogP contribution in [0.1, 0.15) is 36.1 Å². The lowest BCUT2D eigenvalue weighted by atomic mass is 10.1. The molecule has 0 radical (unpaired) electrons. The molecule has 3 heterocycles. The second-order valence-corrected chi connectivity index (χ2v) is 10.1. The molecule has 1 aliphatic heterocycles. The van der Waals surface area contributed by atoms with E-state index in [1.54, 1.807) is 34.1 Å². The molecule has 0 atom stereocenters. The van der Waals surface area contributed by atoms with Gasteiger partial charge in [0, 0.05) is 43.6 Å². The average Bonchev–Trinajstić information content (AvgIpc) is 3.26. The van der Waals surface area contributed by atoms with E-state index < -0.39 is 0 Å².